The van der Waals surface area contributed by atoms with Crippen molar-refractivity contribution in [2.24, 2.45) is 0 Å². The fraction of sp³-hybridized carbons (Fsp3) is 0.0769. The van der Waals surface area contributed by atoms with Crippen LogP contribution in [0.3, 0.4) is 0 Å². The Morgan fingerprint density at radius 2 is 1.13 bits per heavy atom. The second-order valence-corrected chi connectivity index (χ2v) is 3.35. The van der Waals surface area contributed by atoms with Gasteiger partial charge in [-0.3, -0.25) is 0 Å². The van der Waals surface area contributed by atoms with E-state index in [-0.39, 0.29) is 0 Å². The van der Waals surface area contributed by atoms with Crippen LogP contribution in [-0.2, 0) is 10.4 Å². The van der Waals surface area contributed by atoms with Gasteiger partial charge in [0.25, 0.3) is 0 Å². The fourth-order valence-corrected chi connectivity index (χ4v) is 1.29. The minimum atomic E-state index is 0.626. The predicted molar refractivity (Wildman–Crippen MR) is 66.6 cm³/mol. The Kier molecular flexibility index (Phi) is 6.54. The summed E-state index contributed by atoms with van der Waals surface area (Å²) in [6.45, 7) is 0.626. The van der Waals surface area contributed by atoms with Gasteiger partial charge in [-0.1, -0.05) is 66.7 Å². The van der Waals surface area contributed by atoms with Crippen molar-refractivity contribution >= 4 is 16.3 Å². The lowest BCUT2D eigenvalue weighted by molar-refractivity contribution is 0.387. The molecule has 0 aromatic heterocycles. The molecule has 0 radical (unpaired) electrons. The van der Waals surface area contributed by atoms with Gasteiger partial charge in [0.15, 0.2) is 0 Å². The normalized spacial score (nSPS) is 8.87. The molecule has 0 fully saturated rings. The molecule has 0 atom stereocenters. The first-order valence-corrected chi connectivity index (χ1v) is 5.35. The maximum Gasteiger partial charge on any atom is 0.0991 e. The molecule has 1 nitrogen and oxygen atoms in total. The van der Waals surface area contributed by atoms with Crippen molar-refractivity contribution < 1.29 is 3.83 Å². The van der Waals surface area contributed by atoms with E-state index in [1.54, 1.807) is 0 Å². The molecule has 0 aliphatic carbocycles. The van der Waals surface area contributed by atoms with Gasteiger partial charge in [-0.15, -0.1) is 0 Å². The second-order valence-electron chi connectivity index (χ2n) is 2.89. The highest BCUT2D eigenvalue weighted by atomic mass is 79.9. The molecule has 0 N–H and O–H groups in total. The van der Waals surface area contributed by atoms with Crippen molar-refractivity contribution in [2.45, 2.75) is 6.61 Å². The van der Waals surface area contributed by atoms with Gasteiger partial charge >= 0.3 is 0 Å². The highest BCUT2D eigenvalue weighted by Crippen LogP contribution is 2.01. The first kappa shape index (κ1) is 12.0. The number of benzene rings is 2. The lowest BCUT2D eigenvalue weighted by atomic mass is 10.2. The molecule has 2 heteroatoms. The van der Waals surface area contributed by atoms with E-state index in [1.165, 1.54) is 5.56 Å². The first-order valence-electron chi connectivity index (χ1n) is 4.71. The molecule has 2 aromatic carbocycles. The average molecular weight is 265 g/mol. The van der Waals surface area contributed by atoms with Crippen molar-refractivity contribution in [2.75, 3.05) is 0 Å². The molecule has 0 unspecified atom stereocenters. The summed E-state index contributed by atoms with van der Waals surface area (Å²) in [5.74, 6) is 0. The zero-order valence-electron chi connectivity index (χ0n) is 8.34. The minimum absolute atomic E-state index is 0.626. The number of halogens is 1. The van der Waals surface area contributed by atoms with E-state index in [9.17, 15) is 0 Å². The Hall–Kier alpha value is -1.12. The largest absolute Gasteiger partial charge is 0.303 e. The van der Waals surface area contributed by atoms with E-state index in [4.69, 9.17) is 3.83 Å². The van der Waals surface area contributed by atoms with Gasteiger partial charge in [0.2, 0.25) is 0 Å². The molecule has 0 heterocycles. The fourth-order valence-electron chi connectivity index (χ4n) is 1.02. The van der Waals surface area contributed by atoms with Crippen LogP contribution in [-0.4, -0.2) is 0 Å². The molecular weight excluding hydrogens is 252 g/mol. The lowest BCUT2D eigenvalue weighted by Gasteiger charge is -1.93. The topological polar surface area (TPSA) is 9.23 Å². The summed E-state index contributed by atoms with van der Waals surface area (Å²) in [7, 11) is 0. The van der Waals surface area contributed by atoms with Crippen molar-refractivity contribution in [1.29, 1.82) is 0 Å². The molecule has 15 heavy (non-hydrogen) atoms. The van der Waals surface area contributed by atoms with Crippen LogP contribution >= 0.6 is 16.3 Å². The molecule has 0 saturated heterocycles. The number of hydrogen-bond donors (Lipinski definition) is 0. The molecule has 2 aromatic rings. The van der Waals surface area contributed by atoms with Crippen molar-refractivity contribution in [3.05, 3.63) is 72.3 Å². The summed E-state index contributed by atoms with van der Waals surface area (Å²) in [5.41, 5.74) is 1.18. The molecule has 0 spiro atoms. The van der Waals surface area contributed by atoms with Gasteiger partial charge in [0, 0.05) is 0 Å². The molecule has 0 bridgehead atoms. The molecule has 2 rings (SSSR count). The van der Waals surface area contributed by atoms with Crippen LogP contribution in [0.2, 0.25) is 0 Å². The third-order valence-corrected chi connectivity index (χ3v) is 1.96. The Morgan fingerprint density at radius 1 is 0.733 bits per heavy atom. The highest BCUT2D eigenvalue weighted by molar-refractivity contribution is 9.06. The van der Waals surface area contributed by atoms with Crippen LogP contribution < -0.4 is 0 Å². The minimum Gasteiger partial charge on any atom is -0.303 e. The summed E-state index contributed by atoms with van der Waals surface area (Å²) in [4.78, 5) is 0. The van der Waals surface area contributed by atoms with Gasteiger partial charge in [0.1, 0.15) is 0 Å². The van der Waals surface area contributed by atoms with Crippen molar-refractivity contribution in [1.82, 2.24) is 0 Å². The SMILES string of the molecule is BrOCc1ccccc1.c1ccccc1. The van der Waals surface area contributed by atoms with E-state index in [1.807, 2.05) is 66.7 Å². The van der Waals surface area contributed by atoms with Crippen LogP contribution in [0.1, 0.15) is 5.56 Å². The van der Waals surface area contributed by atoms with E-state index in [0.717, 1.165) is 0 Å². The molecule has 78 valence electrons. The van der Waals surface area contributed by atoms with E-state index >= 15 is 0 Å². The Balaban J connectivity index is 0.000000162. The van der Waals surface area contributed by atoms with Crippen LogP contribution in [0.15, 0.2) is 66.7 Å². The summed E-state index contributed by atoms with van der Waals surface area (Å²) in [6.07, 6.45) is 0. The van der Waals surface area contributed by atoms with Gasteiger partial charge in [-0.2, -0.15) is 0 Å². The number of hydrogen-bond acceptors (Lipinski definition) is 1. The van der Waals surface area contributed by atoms with Crippen LogP contribution in [0, 0.1) is 0 Å². The van der Waals surface area contributed by atoms with Gasteiger partial charge in [0.05, 0.1) is 22.9 Å². The monoisotopic (exact) mass is 264 g/mol. The number of rotatable bonds is 2. The quantitative estimate of drug-likeness (QED) is 0.790. The van der Waals surface area contributed by atoms with E-state index in [0.29, 0.717) is 6.61 Å². The zero-order chi connectivity index (χ0) is 10.8. The van der Waals surface area contributed by atoms with Crippen molar-refractivity contribution in [3.8, 4) is 0 Å². The molecule has 0 amide bonds. The Labute approximate surface area is 99.2 Å². The molecule has 0 saturated carbocycles. The summed E-state index contributed by atoms with van der Waals surface area (Å²) >= 11 is 2.89. The van der Waals surface area contributed by atoms with E-state index < -0.39 is 0 Å². The maximum absolute atomic E-state index is 4.74. The third-order valence-electron chi connectivity index (χ3n) is 1.73. The average Bonchev–Trinajstić information content (AvgIpc) is 2.34. The van der Waals surface area contributed by atoms with Crippen LogP contribution in [0.25, 0.3) is 0 Å². The van der Waals surface area contributed by atoms with Gasteiger partial charge in [-0.05, 0) is 5.56 Å². The van der Waals surface area contributed by atoms with Gasteiger partial charge in [-0.25, -0.2) is 0 Å². The first-order chi connectivity index (χ1) is 7.43. The predicted octanol–water partition coefficient (Wildman–Crippen LogP) is 4.20. The highest BCUT2D eigenvalue weighted by Gasteiger charge is 1.85. The molecule has 0 aliphatic rings. The molecule has 0 aliphatic heterocycles. The zero-order valence-corrected chi connectivity index (χ0v) is 9.93. The summed E-state index contributed by atoms with van der Waals surface area (Å²) in [5, 5.41) is 0. The summed E-state index contributed by atoms with van der Waals surface area (Å²) in [6, 6.07) is 22.0. The van der Waals surface area contributed by atoms with Crippen LogP contribution in [0.5, 0.6) is 0 Å². The Morgan fingerprint density at radius 3 is 1.53 bits per heavy atom. The second kappa shape index (κ2) is 8.21. The van der Waals surface area contributed by atoms with Gasteiger partial charge < -0.3 is 3.83 Å². The maximum atomic E-state index is 4.74. The van der Waals surface area contributed by atoms with E-state index in [2.05, 4.69) is 16.3 Å². The smallest absolute Gasteiger partial charge is 0.0991 e. The molecular formula is C13H13BrO. The lowest BCUT2D eigenvalue weighted by Crippen LogP contribution is -1.79. The standard InChI is InChI=1S/C7H7BrO.C6H6/c8-9-6-7-4-2-1-3-5-7;1-2-4-6-5-3-1/h1-5H,6H2;1-6H. The Bertz CT molecular complexity index is 307. The van der Waals surface area contributed by atoms with Crippen LogP contribution in [0.4, 0.5) is 0 Å². The summed E-state index contributed by atoms with van der Waals surface area (Å²) < 4.78 is 4.74. The van der Waals surface area contributed by atoms with Crippen molar-refractivity contribution in [3.63, 3.8) is 0 Å². The third kappa shape index (κ3) is 6.05.